The van der Waals surface area contributed by atoms with Crippen LogP contribution in [-0.2, 0) is 24.1 Å². The van der Waals surface area contributed by atoms with Crippen molar-refractivity contribution in [1.82, 2.24) is 5.32 Å². The SMILES string of the molecule is CCOC(=O)COc1ccc(C(=O)CNC(=O)OC(C)(C)C)cc1S(=O)(=O)CC. The summed E-state index contributed by atoms with van der Waals surface area (Å²) in [7, 11) is -3.74. The van der Waals surface area contributed by atoms with Crippen LogP contribution in [0.5, 0.6) is 5.75 Å². The van der Waals surface area contributed by atoms with E-state index >= 15 is 0 Å². The van der Waals surface area contributed by atoms with Crippen LogP contribution in [-0.4, -0.2) is 57.4 Å². The van der Waals surface area contributed by atoms with Crippen molar-refractivity contribution in [2.45, 2.75) is 45.1 Å². The van der Waals surface area contributed by atoms with Gasteiger partial charge in [0, 0.05) is 5.56 Å². The maximum atomic E-state index is 12.4. The normalized spacial score (nSPS) is 11.5. The Morgan fingerprint density at radius 3 is 2.31 bits per heavy atom. The molecule has 0 spiro atoms. The Bertz CT molecular complexity index is 855. The summed E-state index contributed by atoms with van der Waals surface area (Å²) in [4.78, 5) is 35.3. The number of benzene rings is 1. The molecule has 1 amide bonds. The van der Waals surface area contributed by atoms with Gasteiger partial charge in [-0.2, -0.15) is 0 Å². The van der Waals surface area contributed by atoms with Crippen LogP contribution in [0.1, 0.15) is 45.0 Å². The predicted molar refractivity (Wildman–Crippen MR) is 105 cm³/mol. The number of amides is 1. The number of carbonyl (C=O) groups excluding carboxylic acids is 3. The third kappa shape index (κ3) is 8.10. The summed E-state index contributed by atoms with van der Waals surface area (Å²) >= 11 is 0. The minimum atomic E-state index is -3.74. The van der Waals surface area contributed by atoms with E-state index in [2.05, 4.69) is 5.32 Å². The first-order valence-corrected chi connectivity index (χ1v) is 10.7. The van der Waals surface area contributed by atoms with Gasteiger partial charge in [0.05, 0.1) is 18.9 Å². The van der Waals surface area contributed by atoms with E-state index in [4.69, 9.17) is 14.2 Å². The van der Waals surface area contributed by atoms with Gasteiger partial charge in [0.15, 0.2) is 22.2 Å². The molecule has 0 saturated heterocycles. The second-order valence-corrected chi connectivity index (χ2v) is 9.18. The fourth-order valence-electron chi connectivity index (χ4n) is 2.11. The quantitative estimate of drug-likeness (QED) is 0.467. The molecule has 1 N–H and O–H groups in total. The number of carbonyl (C=O) groups is 3. The van der Waals surface area contributed by atoms with Crippen molar-refractivity contribution >= 4 is 27.7 Å². The molecule has 0 heterocycles. The highest BCUT2D eigenvalue weighted by atomic mass is 32.2. The highest BCUT2D eigenvalue weighted by Crippen LogP contribution is 2.26. The number of Topliss-reactive ketones (excluding diaryl/α,β-unsaturated/α-hetero) is 1. The number of sulfone groups is 1. The monoisotopic (exact) mass is 429 g/mol. The number of hydrogen-bond acceptors (Lipinski definition) is 8. The number of ketones is 1. The molecule has 1 aromatic carbocycles. The van der Waals surface area contributed by atoms with E-state index in [1.165, 1.54) is 25.1 Å². The molecule has 0 unspecified atom stereocenters. The molecule has 1 rings (SSSR count). The van der Waals surface area contributed by atoms with Gasteiger partial charge in [-0.15, -0.1) is 0 Å². The van der Waals surface area contributed by atoms with Gasteiger partial charge in [-0.1, -0.05) is 6.92 Å². The Hall–Kier alpha value is -2.62. The van der Waals surface area contributed by atoms with Gasteiger partial charge in [-0.05, 0) is 45.9 Å². The van der Waals surface area contributed by atoms with Gasteiger partial charge in [0.25, 0.3) is 0 Å². The average molecular weight is 429 g/mol. The van der Waals surface area contributed by atoms with Gasteiger partial charge in [-0.3, -0.25) is 4.79 Å². The van der Waals surface area contributed by atoms with Crippen molar-refractivity contribution in [3.05, 3.63) is 23.8 Å². The van der Waals surface area contributed by atoms with Gasteiger partial charge in [0.1, 0.15) is 16.2 Å². The molecule has 0 aromatic heterocycles. The Morgan fingerprint density at radius 1 is 1.10 bits per heavy atom. The van der Waals surface area contributed by atoms with Crippen molar-refractivity contribution in [2.75, 3.05) is 25.5 Å². The summed E-state index contributed by atoms with van der Waals surface area (Å²) in [5.41, 5.74) is -0.649. The zero-order valence-corrected chi connectivity index (χ0v) is 18.1. The zero-order valence-electron chi connectivity index (χ0n) is 17.2. The van der Waals surface area contributed by atoms with Crippen molar-refractivity contribution in [3.8, 4) is 5.75 Å². The van der Waals surface area contributed by atoms with Crippen LogP contribution >= 0.6 is 0 Å². The van der Waals surface area contributed by atoms with Crippen LogP contribution in [0.2, 0.25) is 0 Å². The van der Waals surface area contributed by atoms with E-state index in [1.54, 1.807) is 27.7 Å². The number of rotatable bonds is 9. The third-order valence-electron chi connectivity index (χ3n) is 3.42. The predicted octanol–water partition coefficient (Wildman–Crippen LogP) is 2.13. The van der Waals surface area contributed by atoms with Gasteiger partial charge in [0.2, 0.25) is 0 Å². The summed E-state index contributed by atoms with van der Waals surface area (Å²) in [6.07, 6.45) is -0.762. The Labute approximate surface area is 170 Å². The van der Waals surface area contributed by atoms with Crippen LogP contribution in [0.15, 0.2) is 23.1 Å². The molecule has 0 aliphatic heterocycles. The smallest absolute Gasteiger partial charge is 0.408 e. The highest BCUT2D eigenvalue weighted by molar-refractivity contribution is 7.91. The lowest BCUT2D eigenvalue weighted by atomic mass is 10.1. The lowest BCUT2D eigenvalue weighted by molar-refractivity contribution is -0.145. The largest absolute Gasteiger partial charge is 0.481 e. The van der Waals surface area contributed by atoms with Crippen molar-refractivity contribution < 1.29 is 37.0 Å². The summed E-state index contributed by atoms with van der Waals surface area (Å²) < 4.78 is 39.9. The number of alkyl carbamates (subject to hydrolysis) is 1. The molecule has 0 aliphatic rings. The standard InChI is InChI=1S/C19H27NO8S/c1-6-26-17(22)12-27-15-9-8-13(10-16(15)29(24,25)7-2)14(21)11-20-18(23)28-19(3,4)5/h8-10H,6-7,11-12H2,1-5H3,(H,20,23). The van der Waals surface area contributed by atoms with Crippen LogP contribution in [0, 0.1) is 0 Å². The first-order valence-electron chi connectivity index (χ1n) is 9.05. The molecule has 0 radical (unpaired) electrons. The topological polar surface area (TPSA) is 125 Å². The lowest BCUT2D eigenvalue weighted by Gasteiger charge is -2.19. The average Bonchev–Trinajstić information content (AvgIpc) is 2.63. The fourth-order valence-corrected chi connectivity index (χ4v) is 3.16. The molecule has 9 nitrogen and oxygen atoms in total. The van der Waals surface area contributed by atoms with E-state index in [0.29, 0.717) is 0 Å². The maximum Gasteiger partial charge on any atom is 0.408 e. The van der Waals surface area contributed by atoms with Crippen LogP contribution in [0.3, 0.4) is 0 Å². The summed E-state index contributed by atoms with van der Waals surface area (Å²) in [6.45, 7) is 7.47. The Morgan fingerprint density at radius 2 is 1.76 bits per heavy atom. The van der Waals surface area contributed by atoms with Crippen molar-refractivity contribution in [1.29, 1.82) is 0 Å². The molecular formula is C19H27NO8S. The third-order valence-corrected chi connectivity index (χ3v) is 5.17. The number of nitrogens with one attached hydrogen (secondary N) is 1. The highest BCUT2D eigenvalue weighted by Gasteiger charge is 2.22. The first kappa shape index (κ1) is 24.4. The number of hydrogen-bond donors (Lipinski definition) is 1. The lowest BCUT2D eigenvalue weighted by Crippen LogP contribution is -2.35. The molecule has 0 aliphatic carbocycles. The summed E-state index contributed by atoms with van der Waals surface area (Å²) in [5, 5.41) is 2.33. The Balaban J connectivity index is 3.00. The van der Waals surface area contributed by atoms with E-state index in [0.717, 1.165) is 0 Å². The first-order chi connectivity index (χ1) is 13.4. The molecule has 0 bridgehead atoms. The van der Waals surface area contributed by atoms with Crippen LogP contribution in [0.4, 0.5) is 4.79 Å². The van der Waals surface area contributed by atoms with E-state index in [9.17, 15) is 22.8 Å². The summed E-state index contributed by atoms with van der Waals surface area (Å²) in [5.74, 6) is -1.44. The Kier molecular flexibility index (Phi) is 8.62. The van der Waals surface area contributed by atoms with Gasteiger partial charge < -0.3 is 19.5 Å². The second-order valence-electron chi connectivity index (χ2n) is 6.94. The van der Waals surface area contributed by atoms with E-state index < -0.39 is 39.9 Å². The van der Waals surface area contributed by atoms with Crippen LogP contribution in [0.25, 0.3) is 0 Å². The molecule has 29 heavy (non-hydrogen) atoms. The minimum Gasteiger partial charge on any atom is -0.481 e. The molecule has 162 valence electrons. The second kappa shape index (κ2) is 10.2. The number of ether oxygens (including phenoxy) is 3. The molecule has 1 aromatic rings. The number of esters is 1. The molecule has 10 heteroatoms. The molecule has 0 fully saturated rings. The zero-order chi connectivity index (χ0) is 22.2. The molecule has 0 atom stereocenters. The summed E-state index contributed by atoms with van der Waals surface area (Å²) in [6, 6.07) is 3.81. The van der Waals surface area contributed by atoms with Crippen molar-refractivity contribution in [2.24, 2.45) is 0 Å². The molecular weight excluding hydrogens is 402 g/mol. The van der Waals surface area contributed by atoms with Gasteiger partial charge in [-0.25, -0.2) is 18.0 Å². The van der Waals surface area contributed by atoms with Gasteiger partial charge >= 0.3 is 12.1 Å². The fraction of sp³-hybridized carbons (Fsp3) is 0.526. The maximum absolute atomic E-state index is 12.4. The van der Waals surface area contributed by atoms with Crippen LogP contribution < -0.4 is 10.1 Å². The van der Waals surface area contributed by atoms with E-state index in [-0.39, 0.29) is 35.1 Å². The minimum absolute atomic E-state index is 0.0587. The van der Waals surface area contributed by atoms with Crippen molar-refractivity contribution in [3.63, 3.8) is 0 Å². The van der Waals surface area contributed by atoms with E-state index in [1.807, 2.05) is 0 Å². The molecule has 0 saturated carbocycles.